The normalized spacial score (nSPS) is 25.9. The van der Waals surface area contributed by atoms with E-state index in [1.807, 2.05) is 30.5 Å². The van der Waals surface area contributed by atoms with Gasteiger partial charge in [-0.05, 0) is 48.4 Å². The Kier molecular flexibility index (Phi) is 5.89. The molecule has 2 unspecified atom stereocenters. The van der Waals surface area contributed by atoms with Crippen LogP contribution in [-0.2, 0) is 17.8 Å². The summed E-state index contributed by atoms with van der Waals surface area (Å²) in [5.74, 6) is 0.204. The summed E-state index contributed by atoms with van der Waals surface area (Å²) < 4.78 is 0. The van der Waals surface area contributed by atoms with E-state index in [-0.39, 0.29) is 35.8 Å². The average molecular weight is 445 g/mol. The number of fused-ring (bicyclic) bond motifs is 2. The van der Waals surface area contributed by atoms with Gasteiger partial charge in [0.2, 0.25) is 5.91 Å². The van der Waals surface area contributed by atoms with Crippen LogP contribution in [0, 0.1) is 5.41 Å². The maximum Gasteiger partial charge on any atom is 0.243 e. The molecule has 1 aliphatic carbocycles. The number of amidine groups is 1. The Bertz CT molecular complexity index is 1090. The van der Waals surface area contributed by atoms with Crippen LogP contribution >= 0.6 is 0 Å². The van der Waals surface area contributed by atoms with Crippen LogP contribution in [0.4, 0.5) is 5.69 Å². The third-order valence-electron chi connectivity index (χ3n) is 7.31. The first-order chi connectivity index (χ1) is 16.0. The third-order valence-corrected chi connectivity index (χ3v) is 7.31. The number of hydrogen-bond acceptors (Lipinski definition) is 5. The summed E-state index contributed by atoms with van der Waals surface area (Å²) in [5.41, 5.74) is 17.1. The highest BCUT2D eigenvalue weighted by molar-refractivity contribution is 5.97. The van der Waals surface area contributed by atoms with E-state index >= 15 is 0 Å². The largest absolute Gasteiger partial charge is 0.384 e. The van der Waals surface area contributed by atoms with Crippen LogP contribution in [0.5, 0.6) is 0 Å². The zero-order chi connectivity index (χ0) is 22.9. The second-order valence-corrected chi connectivity index (χ2v) is 9.54. The zero-order valence-electron chi connectivity index (χ0n) is 18.8. The Morgan fingerprint density at radius 2 is 1.91 bits per heavy atom. The molecule has 1 amide bonds. The first-order valence-corrected chi connectivity index (χ1v) is 11.9. The summed E-state index contributed by atoms with van der Waals surface area (Å²) in [7, 11) is 0. The number of aliphatic imine (C=N–C) groups is 1. The van der Waals surface area contributed by atoms with Crippen molar-refractivity contribution in [1.82, 2.24) is 5.32 Å². The number of amides is 1. The molecule has 1 saturated carbocycles. The topological polar surface area (TPSA) is 121 Å². The monoisotopic (exact) mass is 444 g/mol. The lowest BCUT2D eigenvalue weighted by Crippen LogP contribution is -2.51. The summed E-state index contributed by atoms with van der Waals surface area (Å²) in [6, 6.07) is 14.4. The molecule has 2 aromatic carbocycles. The third kappa shape index (κ3) is 4.37. The SMILES string of the molecule is N=C(N)c1ccc2c(c1)N(CC1C=NCc3ccccc31)C(C(=O)NC1CCC(N)CC1)C2. The highest BCUT2D eigenvalue weighted by Gasteiger charge is 2.37. The van der Waals surface area contributed by atoms with Gasteiger partial charge in [0.15, 0.2) is 0 Å². The number of hydrogen-bond donors (Lipinski definition) is 4. The van der Waals surface area contributed by atoms with E-state index in [2.05, 4.69) is 33.4 Å². The highest BCUT2D eigenvalue weighted by Crippen LogP contribution is 2.36. The number of nitrogen functional groups attached to an aromatic ring is 1. The number of carbonyl (C=O) groups excluding carboxylic acids is 1. The second-order valence-electron chi connectivity index (χ2n) is 9.54. The maximum atomic E-state index is 13.5. The van der Waals surface area contributed by atoms with Crippen molar-refractivity contribution in [1.29, 1.82) is 5.41 Å². The number of nitrogens with zero attached hydrogens (tertiary/aromatic N) is 2. The maximum absolute atomic E-state index is 13.5. The molecule has 7 heteroatoms. The molecule has 0 aromatic heterocycles. The second kappa shape index (κ2) is 8.98. The Morgan fingerprint density at radius 1 is 1.12 bits per heavy atom. The van der Waals surface area contributed by atoms with Gasteiger partial charge in [0.25, 0.3) is 0 Å². The van der Waals surface area contributed by atoms with Crippen molar-refractivity contribution in [3.63, 3.8) is 0 Å². The Morgan fingerprint density at radius 3 is 2.70 bits per heavy atom. The molecule has 6 N–H and O–H groups in total. The molecule has 0 spiro atoms. The molecule has 5 rings (SSSR count). The summed E-state index contributed by atoms with van der Waals surface area (Å²) in [5, 5.41) is 11.2. The predicted molar refractivity (Wildman–Crippen MR) is 132 cm³/mol. The first-order valence-electron chi connectivity index (χ1n) is 11.9. The van der Waals surface area contributed by atoms with E-state index < -0.39 is 0 Å². The van der Waals surface area contributed by atoms with Crippen LogP contribution in [-0.4, -0.2) is 42.6 Å². The van der Waals surface area contributed by atoms with Crippen LogP contribution in [0.25, 0.3) is 0 Å². The summed E-state index contributed by atoms with van der Waals surface area (Å²) in [4.78, 5) is 20.3. The molecule has 3 aliphatic rings. The molecular formula is C26H32N6O. The molecule has 2 aromatic rings. The van der Waals surface area contributed by atoms with Crippen LogP contribution in [0.2, 0.25) is 0 Å². The van der Waals surface area contributed by atoms with Gasteiger partial charge in [-0.1, -0.05) is 36.4 Å². The molecule has 0 radical (unpaired) electrons. The van der Waals surface area contributed by atoms with Crippen molar-refractivity contribution >= 4 is 23.6 Å². The van der Waals surface area contributed by atoms with Gasteiger partial charge in [-0.2, -0.15) is 0 Å². The van der Waals surface area contributed by atoms with Gasteiger partial charge in [0.1, 0.15) is 11.9 Å². The average Bonchev–Trinajstić information content (AvgIpc) is 3.18. The van der Waals surface area contributed by atoms with E-state index in [1.54, 1.807) is 0 Å². The lowest BCUT2D eigenvalue weighted by molar-refractivity contribution is -0.123. The van der Waals surface area contributed by atoms with E-state index in [0.717, 1.165) is 36.9 Å². The van der Waals surface area contributed by atoms with Crippen molar-refractivity contribution in [2.24, 2.45) is 16.5 Å². The van der Waals surface area contributed by atoms with E-state index in [4.69, 9.17) is 16.9 Å². The van der Waals surface area contributed by atoms with Crippen molar-refractivity contribution in [3.05, 3.63) is 64.7 Å². The summed E-state index contributed by atoms with van der Waals surface area (Å²) in [6.07, 6.45) is 6.45. The molecule has 2 aliphatic heterocycles. The minimum atomic E-state index is -0.291. The van der Waals surface area contributed by atoms with Gasteiger partial charge in [-0.25, -0.2) is 0 Å². The number of benzene rings is 2. The van der Waals surface area contributed by atoms with Gasteiger partial charge in [0.05, 0.1) is 6.54 Å². The Hall–Kier alpha value is -3.19. The molecular weight excluding hydrogens is 412 g/mol. The van der Waals surface area contributed by atoms with E-state index in [0.29, 0.717) is 25.1 Å². The van der Waals surface area contributed by atoms with Crippen molar-refractivity contribution in [3.8, 4) is 0 Å². The van der Waals surface area contributed by atoms with Gasteiger partial charge < -0.3 is 21.7 Å². The lowest BCUT2D eigenvalue weighted by atomic mass is 9.91. The molecule has 0 saturated heterocycles. The van der Waals surface area contributed by atoms with Gasteiger partial charge >= 0.3 is 0 Å². The van der Waals surface area contributed by atoms with Crippen molar-refractivity contribution in [2.45, 2.75) is 62.7 Å². The molecule has 1 fully saturated rings. The number of carbonyl (C=O) groups is 1. The standard InChI is InChI=1S/C26H32N6O/c27-20-7-9-21(10-8-20)31-26(33)24-11-16-5-6-17(25(28)29)12-23(16)32(24)15-19-14-30-13-18-3-1-2-4-22(18)19/h1-6,12,14,19-21,24H,7-11,13,15,27H2,(H3,28,29)(H,31,33). The van der Waals surface area contributed by atoms with E-state index in [1.165, 1.54) is 11.1 Å². The number of nitrogens with one attached hydrogen (secondary N) is 2. The van der Waals surface area contributed by atoms with Crippen molar-refractivity contribution in [2.75, 3.05) is 11.4 Å². The van der Waals surface area contributed by atoms with E-state index in [9.17, 15) is 4.79 Å². The number of anilines is 1. The van der Waals surface area contributed by atoms with Gasteiger partial charge in [0, 0.05) is 48.4 Å². The van der Waals surface area contributed by atoms with Gasteiger partial charge in [-0.15, -0.1) is 0 Å². The minimum absolute atomic E-state index is 0.0359. The fourth-order valence-corrected chi connectivity index (χ4v) is 5.43. The fraction of sp³-hybridized carbons (Fsp3) is 0.423. The number of nitrogens with two attached hydrogens (primary N) is 2. The van der Waals surface area contributed by atoms with Crippen LogP contribution < -0.4 is 21.7 Å². The highest BCUT2D eigenvalue weighted by atomic mass is 16.2. The fourth-order valence-electron chi connectivity index (χ4n) is 5.43. The molecule has 33 heavy (non-hydrogen) atoms. The van der Waals surface area contributed by atoms with Crippen LogP contribution in [0.3, 0.4) is 0 Å². The molecule has 7 nitrogen and oxygen atoms in total. The summed E-state index contributed by atoms with van der Waals surface area (Å²) >= 11 is 0. The minimum Gasteiger partial charge on any atom is -0.384 e. The van der Waals surface area contributed by atoms with Crippen molar-refractivity contribution < 1.29 is 4.79 Å². The molecule has 0 bridgehead atoms. The number of rotatable bonds is 5. The molecule has 2 heterocycles. The van der Waals surface area contributed by atoms with Crippen LogP contribution in [0.1, 0.15) is 53.9 Å². The smallest absolute Gasteiger partial charge is 0.243 e. The Balaban J connectivity index is 1.43. The zero-order valence-corrected chi connectivity index (χ0v) is 18.8. The lowest BCUT2D eigenvalue weighted by Gasteiger charge is -2.33. The first kappa shape index (κ1) is 21.6. The predicted octanol–water partition coefficient (Wildman–Crippen LogP) is 2.46. The van der Waals surface area contributed by atoms with Crippen LogP contribution in [0.15, 0.2) is 47.5 Å². The summed E-state index contributed by atoms with van der Waals surface area (Å²) in [6.45, 7) is 1.36. The Labute approximate surface area is 194 Å². The quantitative estimate of drug-likeness (QED) is 0.418. The molecule has 2 atom stereocenters. The molecule has 172 valence electrons. The van der Waals surface area contributed by atoms with Gasteiger partial charge in [-0.3, -0.25) is 15.2 Å².